The summed E-state index contributed by atoms with van der Waals surface area (Å²) in [6.45, 7) is 42.3. The number of H-pyrrole nitrogens is 2. The number of imidazole rings is 3. The van der Waals surface area contributed by atoms with Crippen molar-refractivity contribution in [3.05, 3.63) is 420 Å². The summed E-state index contributed by atoms with van der Waals surface area (Å²) in [4.78, 5) is 45.2. The van der Waals surface area contributed by atoms with Gasteiger partial charge in [0, 0.05) is 96.5 Å². The summed E-state index contributed by atoms with van der Waals surface area (Å²) < 4.78 is 17.2. The Morgan fingerprint density at radius 3 is 1.06 bits per heavy atom. The molecule has 11 aromatic heterocycles. The molecule has 0 saturated carbocycles. The van der Waals surface area contributed by atoms with Gasteiger partial charge in [-0.05, 0) is 193 Å². The molecule has 0 fully saturated rings. The first-order chi connectivity index (χ1) is 71.9. The Morgan fingerprint density at radius 1 is 0.367 bits per heavy atom. The van der Waals surface area contributed by atoms with E-state index in [0.29, 0.717) is 5.75 Å². The van der Waals surface area contributed by atoms with Gasteiger partial charge in [-0.25, -0.2) is 34.9 Å². The number of benzene rings is 9. The van der Waals surface area contributed by atoms with E-state index in [1.54, 1.807) is 108 Å². The van der Waals surface area contributed by atoms with Crippen molar-refractivity contribution in [2.75, 3.05) is 0 Å². The molecule has 38 heteroatoms. The molecule has 0 amide bonds. The molecule has 0 spiro atoms. The number of phenols is 1. The first-order valence-electron chi connectivity index (χ1n) is 45.7. The number of nitrogens with zero attached hydrogens (tertiary/aromatic N) is 14. The van der Waals surface area contributed by atoms with Crippen LogP contribution in [0.4, 0.5) is 0 Å². The van der Waals surface area contributed by atoms with Crippen molar-refractivity contribution in [1.82, 2.24) is 79.0 Å². The Balaban J connectivity index is -0.000000197. The van der Waals surface area contributed by atoms with Crippen molar-refractivity contribution >= 4 is 218 Å². The number of nitrogens with one attached hydrogen (secondary N) is 2. The standard InChI is InChI=1S/2C14H12N2.C8H8N2.C8H7NO.C6H7N.C6H6O.C6H6S.C6H6Se.C5H6N2.C5H7N.C5H6S.C4H5NO.C4H5NS.C3H5N3.15CH3B/c2*1-11-15-13-9-5-6-10-14(13)16(11)12-7-3-2-4-8-12;2*1-6-9-7-4-2-3-5-8(7)10-6;1-6-3-2-4-7-5-6;3*7-6-4-2-1-3-5-6;1-5-2-6-4-7-3-5;2*1-5-3-2-4-6-5;2*1-4-5-2-3-6-4;1-6-3-2-4-5-6;15*1-2/h2*2-10H,1H3;2-5H,1H3,(H,9,10);2-5H,1H3;2-5H,1H3;3*1-5,7H;2-4H,1H3;2-4,6H,1H3;2-4H,1H3;3*2-3H,1H3;15*1H3. The molecule has 11 heterocycles. The van der Waals surface area contributed by atoms with Crippen LogP contribution in [-0.4, -0.2) is 218 Å². The number of oxazole rings is 2. The van der Waals surface area contributed by atoms with Gasteiger partial charge in [0.15, 0.2) is 17.4 Å². The maximum absolute atomic E-state index is 8.63. The molecule has 0 atom stereocenters. The van der Waals surface area contributed by atoms with Crippen molar-refractivity contribution in [2.45, 2.75) is 176 Å². The van der Waals surface area contributed by atoms with Crippen LogP contribution in [0.5, 0.6) is 5.75 Å². The molecule has 0 aliphatic heterocycles. The zero-order valence-electron chi connectivity index (χ0n) is 91.0. The van der Waals surface area contributed by atoms with Gasteiger partial charge in [0.25, 0.3) is 0 Å². The second kappa shape index (κ2) is 116. The first kappa shape index (κ1) is 152. The molecule has 30 radical (unpaired) electrons. The van der Waals surface area contributed by atoms with Gasteiger partial charge >= 0.3 is 50.8 Å². The number of thiazole rings is 1. The van der Waals surface area contributed by atoms with Gasteiger partial charge in [0.2, 0.25) is 0 Å². The summed E-state index contributed by atoms with van der Waals surface area (Å²) in [6, 6.07) is 93.6. The number of phenolic OH excluding ortho intramolecular Hbond substituents is 1. The molecule has 147 heavy (non-hydrogen) atoms. The van der Waals surface area contributed by atoms with E-state index in [9.17, 15) is 0 Å². The number of hydrogen-bond donors (Lipinski definition) is 4. The van der Waals surface area contributed by atoms with Crippen LogP contribution in [0.3, 0.4) is 0 Å². The predicted octanol–water partition coefficient (Wildman–Crippen LogP) is 25.1. The topological polar surface area (TPSA) is 235 Å². The van der Waals surface area contributed by atoms with Gasteiger partial charge in [0.05, 0.1) is 168 Å². The number of aromatic hydroxyl groups is 1. The molecule has 746 valence electrons. The van der Waals surface area contributed by atoms with Crippen molar-refractivity contribution < 1.29 is 13.9 Å². The molecule has 0 aliphatic rings. The molecule has 20 aromatic rings. The van der Waals surface area contributed by atoms with Crippen molar-refractivity contribution in [3.8, 4) is 17.1 Å². The van der Waals surface area contributed by atoms with Gasteiger partial charge in [-0.3, -0.25) is 23.8 Å². The van der Waals surface area contributed by atoms with Crippen LogP contribution in [0, 0.1) is 69.2 Å². The van der Waals surface area contributed by atoms with Gasteiger partial charge in [-0.15, -0.1) is 40.4 Å². The molecule has 19 nitrogen and oxygen atoms in total. The average molecular weight is 2060 g/mol. The fourth-order valence-corrected chi connectivity index (χ4v) is 11.4. The molecule has 0 saturated heterocycles. The van der Waals surface area contributed by atoms with E-state index in [0.717, 1.165) is 100 Å². The van der Waals surface area contributed by atoms with E-state index >= 15 is 0 Å². The summed E-state index contributed by atoms with van der Waals surface area (Å²) in [5.41, 5.74) is 14.2. The Kier molecular flexibility index (Phi) is 120. The third kappa shape index (κ3) is 79.6. The van der Waals surface area contributed by atoms with Crippen LogP contribution < -0.4 is 4.46 Å². The minimum atomic E-state index is 0.322. The molecule has 20 rings (SSSR count). The Hall–Kier alpha value is -12.3. The monoisotopic (exact) mass is 2070 g/mol. The summed E-state index contributed by atoms with van der Waals surface area (Å²) in [5, 5.41) is 20.9. The molecule has 0 unspecified atom stereocenters. The number of fused-ring (bicyclic) bond motifs is 4. The third-order valence-electron chi connectivity index (χ3n) is 15.2. The van der Waals surface area contributed by atoms with Crippen LogP contribution in [0.1, 0.15) is 56.0 Å². The van der Waals surface area contributed by atoms with Crippen LogP contribution in [-0.2, 0) is 7.05 Å². The number of rotatable bonds is 2. The van der Waals surface area contributed by atoms with E-state index in [2.05, 4.69) is 294 Å². The summed E-state index contributed by atoms with van der Waals surface area (Å²) in [7, 11) is 69.3. The number of thiol groups is 1. The van der Waals surface area contributed by atoms with Crippen molar-refractivity contribution in [3.63, 3.8) is 0 Å². The SMILES string of the molecule is Cc1ccc[nH]1.Cc1cccnc1.Cc1cccs1.Cc1cncnc1.Cc1nc2ccccc2[nH]1.Cc1nc2ccccc2n1-c1ccccc1.Cc1nc2ccccc2n1-c1ccccc1.Cc1nc2ccccc2o1.Cc1ncco1.Cc1nccs1.Cn1ccnn1.Oc1ccccc1.Sc1ccccc1.[B]C.[B]C.[B]C.[B]C.[B]C.[B]C.[B]C.[B]C.[B]C.[B]C.[B]C.[B]C.[B]C.[B]C.[B]C.[SeH]c1ccccc1. The summed E-state index contributed by atoms with van der Waals surface area (Å²) in [5.74, 6) is 4.78. The second-order valence-electron chi connectivity index (χ2n) is 24.9. The average Bonchev–Trinajstić information content (AvgIpc) is 1.65. The fourth-order valence-electron chi connectivity index (χ4n) is 9.91. The number of aromatic nitrogens is 16. The zero-order valence-corrected chi connectivity index (χ0v) is 95.4. The van der Waals surface area contributed by atoms with E-state index in [1.807, 2.05) is 280 Å². The Bertz CT molecular complexity index is 5230. The summed E-state index contributed by atoms with van der Waals surface area (Å²) >= 11 is 10.0. The first-order valence-corrected chi connectivity index (χ1v) is 48.8. The van der Waals surface area contributed by atoms with Crippen LogP contribution in [0.25, 0.3) is 55.6 Å². The number of aryl methyl sites for hydroxylation is 11. The van der Waals surface area contributed by atoms with Gasteiger partial charge < -0.3 is 23.9 Å². The van der Waals surface area contributed by atoms with Crippen LogP contribution >= 0.6 is 35.3 Å². The Labute approximate surface area is 924 Å². The number of aromatic amines is 2. The third-order valence-corrected chi connectivity index (χ3v) is 17.7. The number of thiophene rings is 1. The summed E-state index contributed by atoms with van der Waals surface area (Å²) in [6.07, 6.45) is 19.0. The zero-order chi connectivity index (χ0) is 113. The molecule has 9 aromatic carbocycles. The van der Waals surface area contributed by atoms with E-state index in [-0.39, 0.29) is 0 Å². The number of pyridine rings is 1. The van der Waals surface area contributed by atoms with E-state index in [4.69, 9.17) is 13.9 Å². The van der Waals surface area contributed by atoms with Gasteiger partial charge in [-0.1, -0.05) is 241 Å². The Morgan fingerprint density at radius 2 is 0.796 bits per heavy atom. The molecule has 0 bridgehead atoms. The van der Waals surface area contributed by atoms with Crippen molar-refractivity contribution in [2.24, 2.45) is 7.05 Å². The number of para-hydroxylation sites is 11. The van der Waals surface area contributed by atoms with Gasteiger partial charge in [0.1, 0.15) is 41.3 Å². The van der Waals surface area contributed by atoms with Crippen LogP contribution in [0.15, 0.2) is 378 Å². The van der Waals surface area contributed by atoms with E-state index in [1.165, 1.54) is 129 Å². The normalized spacial score (nSPS) is 8.16. The van der Waals surface area contributed by atoms with E-state index < -0.39 is 0 Å². The molecular formula is C109H143B15N16O3S3Se. The maximum atomic E-state index is 8.63. The minimum absolute atomic E-state index is 0.322. The number of hydrogen-bond acceptors (Lipinski definition) is 17. The molecule has 0 aliphatic carbocycles. The second-order valence-corrected chi connectivity index (χ2v) is 28.7. The predicted molar refractivity (Wildman–Crippen MR) is 660 cm³/mol. The van der Waals surface area contributed by atoms with Crippen LogP contribution in [0.2, 0.25) is 102 Å². The van der Waals surface area contributed by atoms with Gasteiger partial charge in [-0.2, -0.15) is 0 Å². The quantitative estimate of drug-likeness (QED) is 0.0931. The molecular weight excluding hydrogens is 1920 g/mol. The fraction of sp³-hybridized carbons (Fsp3) is 0.239. The van der Waals surface area contributed by atoms with Crippen molar-refractivity contribution in [1.29, 1.82) is 0 Å². The molecule has 3 N–H and O–H groups in total.